The molecule has 68 valence electrons. The second-order valence-corrected chi connectivity index (χ2v) is 3.23. The summed E-state index contributed by atoms with van der Waals surface area (Å²) in [4.78, 5) is 0. The minimum absolute atomic E-state index is 0.127. The zero-order chi connectivity index (χ0) is 9.84. The van der Waals surface area contributed by atoms with Crippen LogP contribution >= 0.6 is 15.9 Å². The lowest BCUT2D eigenvalue weighted by Gasteiger charge is -2.08. The Hall–Kier alpha value is -1.08. The van der Waals surface area contributed by atoms with E-state index in [1.165, 1.54) is 13.2 Å². The van der Waals surface area contributed by atoms with E-state index >= 15 is 0 Å². The molecule has 2 nitrogen and oxygen atoms in total. The summed E-state index contributed by atoms with van der Waals surface area (Å²) in [6.07, 6.45) is 0.127. The fourth-order valence-corrected chi connectivity index (χ4v) is 1.49. The van der Waals surface area contributed by atoms with Crippen molar-refractivity contribution in [3.8, 4) is 11.8 Å². The van der Waals surface area contributed by atoms with E-state index < -0.39 is 5.82 Å². The number of benzene rings is 1. The molecule has 0 unspecified atom stereocenters. The maximum Gasteiger partial charge on any atom is 0.165 e. The van der Waals surface area contributed by atoms with Gasteiger partial charge in [-0.25, -0.2) is 4.39 Å². The van der Waals surface area contributed by atoms with Crippen LogP contribution in [0.2, 0.25) is 0 Å². The molecule has 0 aliphatic heterocycles. The minimum Gasteiger partial charge on any atom is -0.493 e. The van der Waals surface area contributed by atoms with E-state index in [0.717, 1.165) is 0 Å². The molecule has 0 radical (unpaired) electrons. The number of rotatable bonds is 2. The van der Waals surface area contributed by atoms with Crippen molar-refractivity contribution >= 4 is 15.9 Å². The summed E-state index contributed by atoms with van der Waals surface area (Å²) in [5.41, 5.74) is 0.546. The summed E-state index contributed by atoms with van der Waals surface area (Å²) >= 11 is 3.23. The topological polar surface area (TPSA) is 33.0 Å². The highest BCUT2D eigenvalue weighted by Crippen LogP contribution is 2.29. The van der Waals surface area contributed by atoms with Crippen molar-refractivity contribution in [2.24, 2.45) is 0 Å². The molecule has 1 rings (SSSR count). The van der Waals surface area contributed by atoms with Gasteiger partial charge < -0.3 is 4.74 Å². The first kappa shape index (κ1) is 10.0. The molecule has 0 aromatic heterocycles. The van der Waals surface area contributed by atoms with E-state index in [0.29, 0.717) is 10.0 Å². The van der Waals surface area contributed by atoms with Crippen molar-refractivity contribution in [2.45, 2.75) is 6.42 Å². The lowest BCUT2D eigenvalue weighted by Crippen LogP contribution is -1.95. The Labute approximate surface area is 84.1 Å². The quantitative estimate of drug-likeness (QED) is 0.801. The Bertz CT molecular complexity index is 359. The van der Waals surface area contributed by atoms with Crippen LogP contribution < -0.4 is 4.74 Å². The second-order valence-electron chi connectivity index (χ2n) is 2.38. The Morgan fingerprint density at radius 3 is 2.85 bits per heavy atom. The van der Waals surface area contributed by atoms with Crippen LogP contribution in [0, 0.1) is 17.1 Å². The molecule has 1 aromatic carbocycles. The van der Waals surface area contributed by atoms with Gasteiger partial charge in [0.05, 0.1) is 19.6 Å². The third-order valence-electron chi connectivity index (χ3n) is 1.62. The Kier molecular flexibility index (Phi) is 3.26. The summed E-state index contributed by atoms with van der Waals surface area (Å²) in [6, 6.07) is 4.81. The van der Waals surface area contributed by atoms with Crippen LogP contribution in [-0.4, -0.2) is 7.11 Å². The predicted octanol–water partition coefficient (Wildman–Crippen LogP) is 2.66. The van der Waals surface area contributed by atoms with Gasteiger partial charge in [-0.2, -0.15) is 5.26 Å². The molecule has 0 saturated carbocycles. The third kappa shape index (κ3) is 1.99. The summed E-state index contributed by atoms with van der Waals surface area (Å²) in [5.74, 6) is -0.313. The normalized spacial score (nSPS) is 9.38. The zero-order valence-electron chi connectivity index (χ0n) is 6.97. The molecular weight excluding hydrogens is 237 g/mol. The van der Waals surface area contributed by atoms with Gasteiger partial charge in [0.1, 0.15) is 0 Å². The van der Waals surface area contributed by atoms with E-state index in [1.54, 1.807) is 6.07 Å². The Balaban J connectivity index is 3.27. The minimum atomic E-state index is -0.448. The van der Waals surface area contributed by atoms with Gasteiger partial charge in [-0.1, -0.05) is 15.9 Å². The van der Waals surface area contributed by atoms with E-state index in [9.17, 15) is 4.39 Å². The fourth-order valence-electron chi connectivity index (χ4n) is 1.04. The van der Waals surface area contributed by atoms with Gasteiger partial charge in [-0.3, -0.25) is 0 Å². The van der Waals surface area contributed by atoms with Crippen LogP contribution in [0.5, 0.6) is 5.75 Å². The highest BCUT2D eigenvalue weighted by atomic mass is 79.9. The lowest BCUT2D eigenvalue weighted by atomic mass is 10.1. The molecule has 0 aliphatic carbocycles. The van der Waals surface area contributed by atoms with Crippen LogP contribution in [0.25, 0.3) is 0 Å². The van der Waals surface area contributed by atoms with Crippen molar-refractivity contribution in [1.29, 1.82) is 5.26 Å². The number of hydrogen-bond acceptors (Lipinski definition) is 2. The average molecular weight is 244 g/mol. The van der Waals surface area contributed by atoms with Crippen LogP contribution in [-0.2, 0) is 6.42 Å². The van der Waals surface area contributed by atoms with Crippen molar-refractivity contribution in [3.63, 3.8) is 0 Å². The molecule has 0 saturated heterocycles. The lowest BCUT2D eigenvalue weighted by molar-refractivity contribution is 0.382. The molecule has 0 spiro atoms. The molecule has 0 amide bonds. The first-order valence-electron chi connectivity index (χ1n) is 3.58. The fraction of sp³-hybridized carbons (Fsp3) is 0.222. The number of nitriles is 1. The first-order chi connectivity index (χ1) is 6.20. The van der Waals surface area contributed by atoms with Crippen molar-refractivity contribution < 1.29 is 9.13 Å². The van der Waals surface area contributed by atoms with Crippen LogP contribution in [0.4, 0.5) is 4.39 Å². The van der Waals surface area contributed by atoms with Crippen molar-refractivity contribution in [2.75, 3.05) is 7.11 Å². The number of methoxy groups -OCH3 is 1. The predicted molar refractivity (Wildman–Crippen MR) is 50.0 cm³/mol. The van der Waals surface area contributed by atoms with Crippen molar-refractivity contribution in [3.05, 3.63) is 28.0 Å². The monoisotopic (exact) mass is 243 g/mol. The number of ether oxygens (including phenoxy) is 1. The first-order valence-corrected chi connectivity index (χ1v) is 4.37. The standard InChI is InChI=1S/C9H7BrFNO/c1-13-9-6(4-5-12)7(10)2-3-8(9)11/h2-3H,4H2,1H3. The van der Waals surface area contributed by atoms with Gasteiger partial charge in [0.2, 0.25) is 0 Å². The maximum absolute atomic E-state index is 13.1. The van der Waals surface area contributed by atoms with E-state index in [4.69, 9.17) is 10.00 Å². The molecule has 1 aromatic rings. The molecule has 0 N–H and O–H groups in total. The van der Waals surface area contributed by atoms with Gasteiger partial charge in [0.15, 0.2) is 11.6 Å². The van der Waals surface area contributed by atoms with Gasteiger partial charge in [-0.15, -0.1) is 0 Å². The van der Waals surface area contributed by atoms with Crippen molar-refractivity contribution in [1.82, 2.24) is 0 Å². The molecule has 4 heteroatoms. The van der Waals surface area contributed by atoms with Gasteiger partial charge in [-0.05, 0) is 12.1 Å². The SMILES string of the molecule is COc1c(F)ccc(Br)c1CC#N. The summed E-state index contributed by atoms with van der Waals surface area (Å²) in [6.45, 7) is 0. The van der Waals surface area contributed by atoms with Gasteiger partial charge in [0, 0.05) is 10.0 Å². The number of halogens is 2. The molecular formula is C9H7BrFNO. The van der Waals surface area contributed by atoms with E-state index in [2.05, 4.69) is 15.9 Å². The van der Waals surface area contributed by atoms with Gasteiger partial charge >= 0.3 is 0 Å². The average Bonchev–Trinajstić information content (AvgIpc) is 2.12. The molecule has 0 fully saturated rings. The van der Waals surface area contributed by atoms with Crippen LogP contribution in [0.1, 0.15) is 5.56 Å². The molecule has 13 heavy (non-hydrogen) atoms. The largest absolute Gasteiger partial charge is 0.493 e. The van der Waals surface area contributed by atoms with E-state index in [1.807, 2.05) is 6.07 Å². The molecule has 0 aliphatic rings. The summed E-state index contributed by atoms with van der Waals surface area (Å²) < 4.78 is 18.6. The number of nitrogens with zero attached hydrogens (tertiary/aromatic N) is 1. The summed E-state index contributed by atoms with van der Waals surface area (Å²) in [7, 11) is 1.38. The zero-order valence-corrected chi connectivity index (χ0v) is 8.56. The smallest absolute Gasteiger partial charge is 0.165 e. The third-order valence-corrected chi connectivity index (χ3v) is 2.36. The second kappa shape index (κ2) is 4.24. The highest BCUT2D eigenvalue weighted by Gasteiger charge is 2.11. The van der Waals surface area contributed by atoms with Gasteiger partial charge in [0.25, 0.3) is 0 Å². The van der Waals surface area contributed by atoms with Crippen LogP contribution in [0.15, 0.2) is 16.6 Å². The highest BCUT2D eigenvalue weighted by molar-refractivity contribution is 9.10. The summed E-state index contributed by atoms with van der Waals surface area (Å²) in [5, 5.41) is 8.51. The van der Waals surface area contributed by atoms with E-state index in [-0.39, 0.29) is 12.2 Å². The number of hydrogen-bond donors (Lipinski definition) is 0. The maximum atomic E-state index is 13.1. The molecule has 0 bridgehead atoms. The Morgan fingerprint density at radius 1 is 1.62 bits per heavy atom. The molecule has 0 heterocycles. The Morgan fingerprint density at radius 2 is 2.31 bits per heavy atom. The van der Waals surface area contributed by atoms with Crippen LogP contribution in [0.3, 0.4) is 0 Å². The molecule has 0 atom stereocenters.